The van der Waals surface area contributed by atoms with Crippen molar-refractivity contribution in [3.8, 4) is 5.88 Å². The predicted octanol–water partition coefficient (Wildman–Crippen LogP) is 2.49. The number of nitrogens with zero attached hydrogens (tertiary/aromatic N) is 3. The molecule has 0 bridgehead atoms. The standard InChI is InChI=1S/C11H18BrN3O/c1-3-6-15(7-5-12)10-8-11(16-4-2)14-9-13-10/h8-9H,3-7H2,1-2H3. The van der Waals surface area contributed by atoms with Gasteiger partial charge in [-0.25, -0.2) is 9.97 Å². The van der Waals surface area contributed by atoms with Crippen LogP contribution in [0.4, 0.5) is 5.82 Å². The molecular weight excluding hydrogens is 270 g/mol. The molecule has 4 nitrogen and oxygen atoms in total. The highest BCUT2D eigenvalue weighted by Crippen LogP contribution is 2.16. The van der Waals surface area contributed by atoms with Crippen molar-refractivity contribution < 1.29 is 4.74 Å². The van der Waals surface area contributed by atoms with Crippen LogP contribution in [0, 0.1) is 0 Å². The van der Waals surface area contributed by atoms with Crippen molar-refractivity contribution >= 4 is 21.7 Å². The summed E-state index contributed by atoms with van der Waals surface area (Å²) in [5.74, 6) is 1.57. The van der Waals surface area contributed by atoms with Gasteiger partial charge >= 0.3 is 0 Å². The van der Waals surface area contributed by atoms with Crippen molar-refractivity contribution in [2.24, 2.45) is 0 Å². The van der Waals surface area contributed by atoms with Crippen molar-refractivity contribution in [1.82, 2.24) is 9.97 Å². The van der Waals surface area contributed by atoms with E-state index >= 15 is 0 Å². The minimum Gasteiger partial charge on any atom is -0.478 e. The van der Waals surface area contributed by atoms with E-state index in [2.05, 4.69) is 37.7 Å². The summed E-state index contributed by atoms with van der Waals surface area (Å²) in [6, 6.07) is 1.89. The lowest BCUT2D eigenvalue weighted by molar-refractivity contribution is 0.326. The molecule has 0 saturated heterocycles. The molecule has 0 radical (unpaired) electrons. The monoisotopic (exact) mass is 287 g/mol. The largest absolute Gasteiger partial charge is 0.478 e. The smallest absolute Gasteiger partial charge is 0.218 e. The maximum Gasteiger partial charge on any atom is 0.218 e. The summed E-state index contributed by atoms with van der Waals surface area (Å²) in [4.78, 5) is 10.6. The van der Waals surface area contributed by atoms with Gasteiger partial charge in [-0.2, -0.15) is 0 Å². The van der Waals surface area contributed by atoms with Gasteiger partial charge in [0.25, 0.3) is 0 Å². The summed E-state index contributed by atoms with van der Waals surface area (Å²) in [7, 11) is 0. The molecule has 0 aromatic carbocycles. The van der Waals surface area contributed by atoms with Gasteiger partial charge in [-0.15, -0.1) is 0 Å². The summed E-state index contributed by atoms with van der Waals surface area (Å²) in [6.45, 7) is 6.67. The molecule has 5 heteroatoms. The van der Waals surface area contributed by atoms with E-state index in [9.17, 15) is 0 Å². The summed E-state index contributed by atoms with van der Waals surface area (Å²) >= 11 is 3.45. The van der Waals surface area contributed by atoms with Crippen LogP contribution in [0.15, 0.2) is 12.4 Å². The van der Waals surface area contributed by atoms with E-state index in [1.807, 2.05) is 13.0 Å². The van der Waals surface area contributed by atoms with Crippen molar-refractivity contribution in [2.45, 2.75) is 20.3 Å². The Hall–Kier alpha value is -0.840. The molecule has 1 aromatic rings. The third kappa shape index (κ3) is 3.96. The predicted molar refractivity (Wildman–Crippen MR) is 69.5 cm³/mol. The van der Waals surface area contributed by atoms with E-state index in [1.165, 1.54) is 0 Å². The summed E-state index contributed by atoms with van der Waals surface area (Å²) < 4.78 is 5.36. The Labute approximate surface area is 105 Å². The molecule has 0 aliphatic carbocycles. The van der Waals surface area contributed by atoms with Gasteiger partial charge < -0.3 is 9.64 Å². The molecule has 0 fully saturated rings. The van der Waals surface area contributed by atoms with Gasteiger partial charge in [0.05, 0.1) is 6.61 Å². The van der Waals surface area contributed by atoms with E-state index in [4.69, 9.17) is 4.74 Å². The molecule has 0 aliphatic rings. The van der Waals surface area contributed by atoms with Gasteiger partial charge in [-0.05, 0) is 13.3 Å². The van der Waals surface area contributed by atoms with Gasteiger partial charge in [-0.1, -0.05) is 22.9 Å². The third-order valence-electron chi connectivity index (χ3n) is 2.09. The van der Waals surface area contributed by atoms with Crippen LogP contribution in [-0.4, -0.2) is 35.0 Å². The topological polar surface area (TPSA) is 38.2 Å². The fraction of sp³-hybridized carbons (Fsp3) is 0.636. The van der Waals surface area contributed by atoms with Crippen LogP contribution in [-0.2, 0) is 0 Å². The molecule has 0 amide bonds. The van der Waals surface area contributed by atoms with Gasteiger partial charge in [-0.3, -0.25) is 0 Å². The first kappa shape index (κ1) is 13.2. The first-order valence-electron chi connectivity index (χ1n) is 5.57. The fourth-order valence-corrected chi connectivity index (χ4v) is 1.87. The Morgan fingerprint density at radius 1 is 1.31 bits per heavy atom. The van der Waals surface area contributed by atoms with Crippen LogP contribution in [0.3, 0.4) is 0 Å². The van der Waals surface area contributed by atoms with Crippen molar-refractivity contribution in [3.05, 3.63) is 12.4 Å². The van der Waals surface area contributed by atoms with E-state index in [1.54, 1.807) is 6.33 Å². The van der Waals surface area contributed by atoms with Crippen molar-refractivity contribution in [2.75, 3.05) is 29.9 Å². The molecule has 1 aromatic heterocycles. The van der Waals surface area contributed by atoms with Crippen LogP contribution < -0.4 is 9.64 Å². The van der Waals surface area contributed by atoms with E-state index in [0.29, 0.717) is 12.5 Å². The molecular formula is C11H18BrN3O. The highest BCUT2D eigenvalue weighted by atomic mass is 79.9. The molecule has 0 atom stereocenters. The second-order valence-corrected chi connectivity index (χ2v) is 4.12. The quantitative estimate of drug-likeness (QED) is 0.722. The molecule has 0 unspecified atom stereocenters. The number of hydrogen-bond acceptors (Lipinski definition) is 4. The summed E-state index contributed by atoms with van der Waals surface area (Å²) in [6.07, 6.45) is 2.65. The number of rotatable bonds is 7. The molecule has 1 heterocycles. The van der Waals surface area contributed by atoms with E-state index < -0.39 is 0 Å². The molecule has 0 N–H and O–H groups in total. The van der Waals surface area contributed by atoms with Crippen LogP contribution in [0.2, 0.25) is 0 Å². The maximum atomic E-state index is 5.36. The number of alkyl halides is 1. The minimum absolute atomic E-state index is 0.628. The normalized spacial score (nSPS) is 10.2. The van der Waals surface area contributed by atoms with Gasteiger partial charge in [0.15, 0.2) is 0 Å². The Bertz CT molecular complexity index is 303. The zero-order chi connectivity index (χ0) is 11.8. The minimum atomic E-state index is 0.628. The molecule has 16 heavy (non-hydrogen) atoms. The number of anilines is 1. The van der Waals surface area contributed by atoms with E-state index in [-0.39, 0.29) is 0 Å². The number of hydrogen-bond donors (Lipinski definition) is 0. The fourth-order valence-electron chi connectivity index (χ4n) is 1.44. The Kier molecular flexibility index (Phi) is 6.15. The first-order valence-corrected chi connectivity index (χ1v) is 6.69. The van der Waals surface area contributed by atoms with Gasteiger partial charge in [0.2, 0.25) is 5.88 Å². The molecule has 0 aliphatic heterocycles. The van der Waals surface area contributed by atoms with Gasteiger partial charge in [0.1, 0.15) is 12.1 Å². The average molecular weight is 288 g/mol. The van der Waals surface area contributed by atoms with E-state index in [0.717, 1.165) is 30.7 Å². The van der Waals surface area contributed by atoms with Crippen LogP contribution in [0.5, 0.6) is 5.88 Å². The average Bonchev–Trinajstić information content (AvgIpc) is 2.30. The Balaban J connectivity index is 2.77. The highest BCUT2D eigenvalue weighted by Gasteiger charge is 2.07. The molecule has 1 rings (SSSR count). The Morgan fingerprint density at radius 2 is 2.12 bits per heavy atom. The number of aromatic nitrogens is 2. The maximum absolute atomic E-state index is 5.36. The number of ether oxygens (including phenoxy) is 1. The lowest BCUT2D eigenvalue weighted by atomic mass is 10.4. The SMILES string of the molecule is CCCN(CCBr)c1cc(OCC)ncn1. The molecule has 0 saturated carbocycles. The van der Waals surface area contributed by atoms with Crippen molar-refractivity contribution in [3.63, 3.8) is 0 Å². The second kappa shape index (κ2) is 7.44. The number of halogens is 1. The highest BCUT2D eigenvalue weighted by molar-refractivity contribution is 9.09. The van der Waals surface area contributed by atoms with Crippen molar-refractivity contribution in [1.29, 1.82) is 0 Å². The first-order chi connectivity index (χ1) is 7.81. The lowest BCUT2D eigenvalue weighted by Crippen LogP contribution is -2.27. The second-order valence-electron chi connectivity index (χ2n) is 3.32. The van der Waals surface area contributed by atoms with Gasteiger partial charge in [0, 0.05) is 24.5 Å². The third-order valence-corrected chi connectivity index (χ3v) is 2.45. The summed E-state index contributed by atoms with van der Waals surface area (Å²) in [5.41, 5.74) is 0. The van der Waals surface area contributed by atoms with Crippen LogP contribution >= 0.6 is 15.9 Å². The lowest BCUT2D eigenvalue weighted by Gasteiger charge is -2.22. The Morgan fingerprint density at radius 3 is 2.75 bits per heavy atom. The van der Waals surface area contributed by atoms with Crippen LogP contribution in [0.1, 0.15) is 20.3 Å². The van der Waals surface area contributed by atoms with Crippen LogP contribution in [0.25, 0.3) is 0 Å². The molecule has 90 valence electrons. The zero-order valence-corrected chi connectivity index (χ0v) is 11.4. The summed E-state index contributed by atoms with van der Waals surface area (Å²) in [5, 5.41) is 0.932. The molecule has 0 spiro atoms. The zero-order valence-electron chi connectivity index (χ0n) is 9.82.